The second-order valence-corrected chi connectivity index (χ2v) is 7.25. The summed E-state index contributed by atoms with van der Waals surface area (Å²) in [4.78, 5) is 24.9. The van der Waals surface area contributed by atoms with Gasteiger partial charge in [0.1, 0.15) is 5.82 Å². The SMILES string of the molecule is CS(=O)(=O)Nc1cc(C(=O)N2CCCC(C(=O)O)C2)ccc1F. The zero-order chi connectivity index (χ0) is 17.2. The van der Waals surface area contributed by atoms with Gasteiger partial charge in [-0.3, -0.25) is 14.3 Å². The number of halogens is 1. The highest BCUT2D eigenvalue weighted by molar-refractivity contribution is 7.92. The molecule has 2 rings (SSSR count). The number of carbonyl (C=O) groups is 2. The lowest BCUT2D eigenvalue weighted by molar-refractivity contribution is -0.143. The van der Waals surface area contributed by atoms with Crippen molar-refractivity contribution in [1.29, 1.82) is 0 Å². The lowest BCUT2D eigenvalue weighted by Crippen LogP contribution is -2.42. The molecule has 0 spiro atoms. The van der Waals surface area contributed by atoms with Crippen LogP contribution in [-0.2, 0) is 14.8 Å². The Balaban J connectivity index is 2.22. The average Bonchev–Trinajstić information content (AvgIpc) is 2.47. The summed E-state index contributed by atoms with van der Waals surface area (Å²) < 4.78 is 38.1. The second-order valence-electron chi connectivity index (χ2n) is 5.50. The molecule has 1 heterocycles. The van der Waals surface area contributed by atoms with Gasteiger partial charge in [-0.25, -0.2) is 12.8 Å². The number of nitrogens with one attached hydrogen (secondary N) is 1. The fourth-order valence-electron chi connectivity index (χ4n) is 2.48. The number of carboxylic acid groups (broad SMARTS) is 1. The predicted octanol–water partition coefficient (Wildman–Crippen LogP) is 1.13. The number of nitrogens with zero attached hydrogens (tertiary/aromatic N) is 1. The molecule has 1 fully saturated rings. The molecule has 1 atom stereocenters. The van der Waals surface area contributed by atoms with Crippen molar-refractivity contribution in [3.63, 3.8) is 0 Å². The van der Waals surface area contributed by atoms with E-state index < -0.39 is 33.6 Å². The Bertz CT molecular complexity index is 735. The van der Waals surface area contributed by atoms with Gasteiger partial charge in [-0.05, 0) is 31.0 Å². The lowest BCUT2D eigenvalue weighted by atomic mass is 9.97. The number of likely N-dealkylation sites (tertiary alicyclic amines) is 1. The zero-order valence-electron chi connectivity index (χ0n) is 12.5. The van der Waals surface area contributed by atoms with E-state index >= 15 is 0 Å². The molecule has 1 aliphatic heterocycles. The summed E-state index contributed by atoms with van der Waals surface area (Å²) in [6.45, 7) is 0.495. The first-order valence-corrected chi connectivity index (χ1v) is 8.86. The molecule has 1 unspecified atom stereocenters. The van der Waals surface area contributed by atoms with E-state index in [4.69, 9.17) is 5.11 Å². The van der Waals surface area contributed by atoms with Crippen LogP contribution in [0.3, 0.4) is 0 Å². The molecule has 2 N–H and O–H groups in total. The number of rotatable bonds is 4. The first-order chi connectivity index (χ1) is 10.7. The van der Waals surface area contributed by atoms with E-state index in [0.717, 1.165) is 18.4 Å². The van der Waals surface area contributed by atoms with Gasteiger partial charge in [0.05, 0.1) is 17.9 Å². The highest BCUT2D eigenvalue weighted by Gasteiger charge is 2.29. The van der Waals surface area contributed by atoms with Crippen LogP contribution in [0, 0.1) is 11.7 Å². The van der Waals surface area contributed by atoms with Crippen LogP contribution >= 0.6 is 0 Å². The lowest BCUT2D eigenvalue weighted by Gasteiger charge is -2.30. The molecule has 0 saturated carbocycles. The summed E-state index contributed by atoms with van der Waals surface area (Å²) in [5.74, 6) is -2.83. The fraction of sp³-hybridized carbons (Fsp3) is 0.429. The van der Waals surface area contributed by atoms with Gasteiger partial charge in [0.25, 0.3) is 5.91 Å². The Kier molecular flexibility index (Phi) is 4.88. The summed E-state index contributed by atoms with van der Waals surface area (Å²) in [5, 5.41) is 9.05. The molecule has 9 heteroatoms. The quantitative estimate of drug-likeness (QED) is 0.852. The Morgan fingerprint density at radius 1 is 1.39 bits per heavy atom. The third-order valence-corrected chi connectivity index (χ3v) is 4.16. The molecule has 126 valence electrons. The van der Waals surface area contributed by atoms with Crippen molar-refractivity contribution < 1.29 is 27.5 Å². The van der Waals surface area contributed by atoms with Crippen LogP contribution in [0.2, 0.25) is 0 Å². The van der Waals surface area contributed by atoms with E-state index in [1.165, 1.54) is 11.0 Å². The number of piperidine rings is 1. The number of hydrogen-bond acceptors (Lipinski definition) is 4. The molecule has 1 aliphatic rings. The number of anilines is 1. The minimum absolute atomic E-state index is 0.0837. The van der Waals surface area contributed by atoms with Crippen molar-refractivity contribution in [1.82, 2.24) is 4.90 Å². The highest BCUT2D eigenvalue weighted by Crippen LogP contribution is 2.22. The Labute approximate surface area is 133 Å². The minimum Gasteiger partial charge on any atom is -0.481 e. The number of benzene rings is 1. The maximum Gasteiger partial charge on any atom is 0.308 e. The molecule has 0 aromatic heterocycles. The van der Waals surface area contributed by atoms with E-state index in [-0.39, 0.29) is 17.8 Å². The van der Waals surface area contributed by atoms with Crippen molar-refractivity contribution in [2.45, 2.75) is 12.8 Å². The largest absolute Gasteiger partial charge is 0.481 e. The number of carboxylic acids is 1. The number of hydrogen-bond donors (Lipinski definition) is 2. The Morgan fingerprint density at radius 2 is 2.09 bits per heavy atom. The third kappa shape index (κ3) is 4.41. The Morgan fingerprint density at radius 3 is 2.70 bits per heavy atom. The van der Waals surface area contributed by atoms with Gasteiger partial charge in [-0.15, -0.1) is 0 Å². The van der Waals surface area contributed by atoms with Crippen molar-refractivity contribution in [3.05, 3.63) is 29.6 Å². The third-order valence-electron chi connectivity index (χ3n) is 3.57. The monoisotopic (exact) mass is 344 g/mol. The standard InChI is InChI=1S/C14H17FN2O5S/c1-23(21,22)16-12-7-9(4-5-11(12)15)13(18)17-6-2-3-10(8-17)14(19)20/h4-5,7,10,16H,2-3,6,8H2,1H3,(H,19,20). The van der Waals surface area contributed by atoms with Gasteiger partial charge >= 0.3 is 5.97 Å². The maximum atomic E-state index is 13.6. The van der Waals surface area contributed by atoms with E-state index in [9.17, 15) is 22.4 Å². The molecular formula is C14H17FN2O5S. The van der Waals surface area contributed by atoms with Crippen LogP contribution in [0.25, 0.3) is 0 Å². The molecule has 0 bridgehead atoms. The van der Waals surface area contributed by atoms with Crippen molar-refractivity contribution in [3.8, 4) is 0 Å². The number of sulfonamides is 1. The van der Waals surface area contributed by atoms with E-state index in [0.29, 0.717) is 19.4 Å². The second kappa shape index (κ2) is 6.53. The summed E-state index contributed by atoms with van der Waals surface area (Å²) in [5.41, 5.74) is -0.214. The topological polar surface area (TPSA) is 104 Å². The number of aliphatic carboxylic acids is 1. The molecular weight excluding hydrogens is 327 g/mol. The highest BCUT2D eigenvalue weighted by atomic mass is 32.2. The van der Waals surface area contributed by atoms with Crippen LogP contribution in [0.5, 0.6) is 0 Å². The fourth-order valence-corrected chi connectivity index (χ4v) is 3.04. The molecule has 0 radical (unpaired) electrons. The molecule has 23 heavy (non-hydrogen) atoms. The minimum atomic E-state index is -3.68. The molecule has 7 nitrogen and oxygen atoms in total. The van der Waals surface area contributed by atoms with Crippen molar-refractivity contribution in [2.24, 2.45) is 5.92 Å². The molecule has 1 saturated heterocycles. The van der Waals surface area contributed by atoms with E-state index in [2.05, 4.69) is 0 Å². The molecule has 1 amide bonds. The van der Waals surface area contributed by atoms with Crippen LogP contribution in [-0.4, -0.2) is 49.6 Å². The first kappa shape index (κ1) is 17.2. The zero-order valence-corrected chi connectivity index (χ0v) is 13.3. The van der Waals surface area contributed by atoms with Gasteiger partial charge in [-0.2, -0.15) is 0 Å². The van der Waals surface area contributed by atoms with Crippen LogP contribution in [0.15, 0.2) is 18.2 Å². The summed E-state index contributed by atoms with van der Waals surface area (Å²) >= 11 is 0. The number of carbonyl (C=O) groups excluding carboxylic acids is 1. The van der Waals surface area contributed by atoms with E-state index in [1.54, 1.807) is 0 Å². The predicted molar refractivity (Wildman–Crippen MR) is 81.1 cm³/mol. The van der Waals surface area contributed by atoms with Gasteiger partial charge in [0.15, 0.2) is 0 Å². The van der Waals surface area contributed by atoms with Crippen molar-refractivity contribution in [2.75, 3.05) is 24.1 Å². The van der Waals surface area contributed by atoms with Crippen LogP contribution in [0.4, 0.5) is 10.1 Å². The summed E-state index contributed by atoms with van der Waals surface area (Å²) in [6.07, 6.45) is 1.95. The first-order valence-electron chi connectivity index (χ1n) is 6.97. The molecule has 1 aromatic rings. The maximum absolute atomic E-state index is 13.6. The van der Waals surface area contributed by atoms with Gasteiger partial charge < -0.3 is 10.0 Å². The van der Waals surface area contributed by atoms with Gasteiger partial charge in [-0.1, -0.05) is 0 Å². The number of amides is 1. The van der Waals surface area contributed by atoms with Gasteiger partial charge in [0, 0.05) is 18.7 Å². The smallest absolute Gasteiger partial charge is 0.308 e. The Hall–Kier alpha value is -2.16. The van der Waals surface area contributed by atoms with E-state index in [1.807, 2.05) is 4.72 Å². The normalized spacial score (nSPS) is 18.5. The van der Waals surface area contributed by atoms with Gasteiger partial charge in [0.2, 0.25) is 10.0 Å². The summed E-state index contributed by atoms with van der Waals surface area (Å²) in [6, 6.07) is 3.36. The van der Waals surface area contributed by atoms with Crippen LogP contribution in [0.1, 0.15) is 23.2 Å². The van der Waals surface area contributed by atoms with Crippen molar-refractivity contribution >= 4 is 27.6 Å². The van der Waals surface area contributed by atoms with Crippen LogP contribution < -0.4 is 4.72 Å². The molecule has 0 aliphatic carbocycles. The summed E-state index contributed by atoms with van der Waals surface area (Å²) in [7, 11) is -3.68. The average molecular weight is 344 g/mol. The molecule has 1 aromatic carbocycles.